The number of hydrogen-bond donors (Lipinski definition) is 0. The normalized spacial score (nSPS) is 27.5. The van der Waals surface area contributed by atoms with Gasteiger partial charge in [0.2, 0.25) is 0 Å². The van der Waals surface area contributed by atoms with E-state index in [4.69, 9.17) is 4.74 Å². The molecule has 1 aromatic rings. The zero-order valence-electron chi connectivity index (χ0n) is 15.1. The van der Waals surface area contributed by atoms with Crippen molar-refractivity contribution < 1.29 is 13.2 Å². The van der Waals surface area contributed by atoms with Crippen LogP contribution in [0.3, 0.4) is 0 Å². The van der Waals surface area contributed by atoms with Gasteiger partial charge in [0, 0.05) is 45.1 Å². The van der Waals surface area contributed by atoms with Gasteiger partial charge in [0.15, 0.2) is 5.03 Å². The fraction of sp³-hybridized carbons (Fsp3) is 0.824. The molecule has 25 heavy (non-hydrogen) atoms. The number of piperidine rings is 1. The molecule has 2 saturated heterocycles. The maximum absolute atomic E-state index is 12.7. The second-order valence-electron chi connectivity index (χ2n) is 8.14. The molecule has 3 fully saturated rings. The number of sulfonamides is 1. The van der Waals surface area contributed by atoms with Gasteiger partial charge in [-0.2, -0.15) is 4.31 Å². The second kappa shape index (κ2) is 6.33. The summed E-state index contributed by atoms with van der Waals surface area (Å²) in [6.07, 6.45) is 7.88. The average Bonchev–Trinajstić information content (AvgIpc) is 3.25. The standard InChI is InChI=1S/C17H28N4O3S/c1-19-8-16(18-13-19)25(22,23)21-11-17(12-21)7-15(5-6-20(17)2)10-24-9-14-3-4-14/h8,13-15H,3-7,9-12H2,1-2H3/t15-/m0/s1. The van der Waals surface area contributed by atoms with Gasteiger partial charge in [0.25, 0.3) is 10.0 Å². The Kier molecular flexibility index (Phi) is 4.42. The van der Waals surface area contributed by atoms with E-state index in [1.807, 2.05) is 0 Å². The molecule has 8 heteroatoms. The number of imidazole rings is 1. The lowest BCUT2D eigenvalue weighted by Gasteiger charge is -2.57. The molecule has 1 atom stereocenters. The molecule has 0 bridgehead atoms. The first-order valence-electron chi connectivity index (χ1n) is 9.16. The van der Waals surface area contributed by atoms with Crippen molar-refractivity contribution in [3.8, 4) is 0 Å². The molecule has 0 amide bonds. The molecule has 7 nitrogen and oxygen atoms in total. The van der Waals surface area contributed by atoms with E-state index in [2.05, 4.69) is 16.9 Å². The summed E-state index contributed by atoms with van der Waals surface area (Å²) < 4.78 is 34.5. The highest BCUT2D eigenvalue weighted by atomic mass is 32.2. The molecule has 1 aliphatic carbocycles. The minimum Gasteiger partial charge on any atom is -0.381 e. The van der Waals surface area contributed by atoms with Crippen LogP contribution in [0.25, 0.3) is 0 Å². The van der Waals surface area contributed by atoms with Gasteiger partial charge in [0.1, 0.15) is 0 Å². The van der Waals surface area contributed by atoms with Crippen molar-refractivity contribution in [1.29, 1.82) is 0 Å². The number of nitrogens with zero attached hydrogens (tertiary/aromatic N) is 4. The average molecular weight is 369 g/mol. The van der Waals surface area contributed by atoms with Crippen LogP contribution in [0.15, 0.2) is 17.6 Å². The van der Waals surface area contributed by atoms with Crippen LogP contribution in [0.5, 0.6) is 0 Å². The molecule has 140 valence electrons. The molecule has 2 aliphatic heterocycles. The number of likely N-dealkylation sites (N-methyl/N-ethyl adjacent to an activating group) is 1. The third-order valence-corrected chi connectivity index (χ3v) is 7.66. The van der Waals surface area contributed by atoms with Gasteiger partial charge in [-0.1, -0.05) is 0 Å². The third-order valence-electron chi connectivity index (χ3n) is 5.98. The smallest absolute Gasteiger partial charge is 0.262 e. The number of ether oxygens (including phenoxy) is 1. The summed E-state index contributed by atoms with van der Waals surface area (Å²) >= 11 is 0. The summed E-state index contributed by atoms with van der Waals surface area (Å²) in [6.45, 7) is 3.84. The first-order valence-corrected chi connectivity index (χ1v) is 10.6. The summed E-state index contributed by atoms with van der Waals surface area (Å²) in [5, 5.41) is 0.146. The Balaban J connectivity index is 1.37. The number of likely N-dealkylation sites (tertiary alicyclic amines) is 1. The third kappa shape index (κ3) is 3.37. The van der Waals surface area contributed by atoms with E-state index in [1.165, 1.54) is 19.2 Å². The van der Waals surface area contributed by atoms with E-state index >= 15 is 0 Å². The largest absolute Gasteiger partial charge is 0.381 e. The first-order chi connectivity index (χ1) is 11.9. The Bertz CT molecular complexity index is 722. The van der Waals surface area contributed by atoms with Crippen LogP contribution in [0.2, 0.25) is 0 Å². The number of rotatable bonds is 6. The van der Waals surface area contributed by atoms with Crippen LogP contribution in [0, 0.1) is 11.8 Å². The molecule has 1 spiro atoms. The van der Waals surface area contributed by atoms with Gasteiger partial charge >= 0.3 is 0 Å². The van der Waals surface area contributed by atoms with Gasteiger partial charge in [-0.3, -0.25) is 4.90 Å². The van der Waals surface area contributed by atoms with Crippen LogP contribution in [0.4, 0.5) is 0 Å². The minimum atomic E-state index is -3.47. The lowest BCUT2D eigenvalue weighted by molar-refractivity contribution is -0.0592. The fourth-order valence-corrected chi connectivity index (χ4v) is 5.61. The van der Waals surface area contributed by atoms with E-state index in [0.29, 0.717) is 19.0 Å². The lowest BCUT2D eigenvalue weighted by atomic mass is 9.77. The minimum absolute atomic E-state index is 0.0340. The van der Waals surface area contributed by atoms with Crippen LogP contribution in [-0.2, 0) is 21.8 Å². The topological polar surface area (TPSA) is 67.7 Å². The molecular weight excluding hydrogens is 340 g/mol. The van der Waals surface area contributed by atoms with Crippen molar-refractivity contribution in [2.24, 2.45) is 18.9 Å². The van der Waals surface area contributed by atoms with E-state index in [-0.39, 0.29) is 10.6 Å². The van der Waals surface area contributed by atoms with E-state index in [9.17, 15) is 8.42 Å². The predicted molar refractivity (Wildman–Crippen MR) is 93.6 cm³/mol. The van der Waals surface area contributed by atoms with Gasteiger partial charge < -0.3 is 9.30 Å². The molecule has 3 aliphatic rings. The van der Waals surface area contributed by atoms with Crippen LogP contribution < -0.4 is 0 Å². The van der Waals surface area contributed by atoms with Crippen molar-refractivity contribution in [2.75, 3.05) is 39.9 Å². The van der Waals surface area contributed by atoms with Crippen LogP contribution in [-0.4, -0.2) is 72.6 Å². The molecule has 1 aromatic heterocycles. The van der Waals surface area contributed by atoms with E-state index in [1.54, 1.807) is 22.1 Å². The molecular formula is C17H28N4O3S. The van der Waals surface area contributed by atoms with Crippen molar-refractivity contribution in [1.82, 2.24) is 18.8 Å². The Morgan fingerprint density at radius 2 is 1.92 bits per heavy atom. The number of aryl methyl sites for hydroxylation is 1. The SMILES string of the molecule is CN1CC[C@H](COCC2CC2)CC12CN(S(=O)(=O)c1cn(C)cn1)C2. The molecule has 0 aromatic carbocycles. The number of aromatic nitrogens is 2. The summed E-state index contributed by atoms with van der Waals surface area (Å²) in [4.78, 5) is 6.36. The fourth-order valence-electron chi connectivity index (χ4n) is 4.04. The highest BCUT2D eigenvalue weighted by molar-refractivity contribution is 7.89. The maximum Gasteiger partial charge on any atom is 0.262 e. The summed E-state index contributed by atoms with van der Waals surface area (Å²) in [5.74, 6) is 1.33. The van der Waals surface area contributed by atoms with Crippen LogP contribution in [0.1, 0.15) is 25.7 Å². The van der Waals surface area contributed by atoms with Gasteiger partial charge in [-0.15, -0.1) is 0 Å². The van der Waals surface area contributed by atoms with Crippen molar-refractivity contribution >= 4 is 10.0 Å². The molecule has 0 N–H and O–H groups in total. The molecule has 0 radical (unpaired) electrons. The first kappa shape index (κ1) is 17.5. The molecule has 1 saturated carbocycles. The highest BCUT2D eigenvalue weighted by Crippen LogP contribution is 2.40. The van der Waals surface area contributed by atoms with Gasteiger partial charge in [-0.05, 0) is 51.1 Å². The molecule has 4 rings (SSSR count). The van der Waals surface area contributed by atoms with Crippen molar-refractivity contribution in [3.63, 3.8) is 0 Å². The predicted octanol–water partition coefficient (Wildman–Crippen LogP) is 0.932. The van der Waals surface area contributed by atoms with Gasteiger partial charge in [-0.25, -0.2) is 13.4 Å². The van der Waals surface area contributed by atoms with E-state index < -0.39 is 10.0 Å². The Morgan fingerprint density at radius 3 is 2.56 bits per heavy atom. The quantitative estimate of drug-likeness (QED) is 0.747. The Morgan fingerprint density at radius 1 is 1.20 bits per heavy atom. The Labute approximate surface area is 150 Å². The zero-order chi connectivity index (χ0) is 17.7. The number of hydrogen-bond acceptors (Lipinski definition) is 5. The van der Waals surface area contributed by atoms with Gasteiger partial charge in [0.05, 0.1) is 6.33 Å². The van der Waals surface area contributed by atoms with Crippen molar-refractivity contribution in [2.45, 2.75) is 36.2 Å². The zero-order valence-corrected chi connectivity index (χ0v) is 15.9. The van der Waals surface area contributed by atoms with Crippen molar-refractivity contribution in [3.05, 3.63) is 12.5 Å². The maximum atomic E-state index is 12.7. The molecule has 0 unspecified atom stereocenters. The summed E-state index contributed by atoms with van der Waals surface area (Å²) in [6, 6.07) is 0. The van der Waals surface area contributed by atoms with Crippen LogP contribution >= 0.6 is 0 Å². The Hall–Kier alpha value is -0.960. The highest BCUT2D eigenvalue weighted by Gasteiger charge is 2.53. The molecule has 3 heterocycles. The lowest BCUT2D eigenvalue weighted by Crippen LogP contribution is -2.72. The van der Waals surface area contributed by atoms with E-state index in [0.717, 1.165) is 38.5 Å². The second-order valence-corrected chi connectivity index (χ2v) is 10.0. The summed E-state index contributed by atoms with van der Waals surface area (Å²) in [5.41, 5.74) is -0.0340. The monoisotopic (exact) mass is 368 g/mol. The summed E-state index contributed by atoms with van der Waals surface area (Å²) in [7, 11) is 0.425.